The topological polar surface area (TPSA) is 80.0 Å². The van der Waals surface area contributed by atoms with Crippen molar-refractivity contribution in [2.45, 2.75) is 83.0 Å². The lowest BCUT2D eigenvalue weighted by Gasteiger charge is -2.53. The SMILES string of the molecule is CCCCc1cc(=O)oc2cc(O[C@H](C)C(=O)N3CC[C@@]4(O)CCCC[C@@H]4[C@@H]3c3ccc(Cl)cc3)ccc12. The van der Waals surface area contributed by atoms with Crippen LogP contribution in [0.25, 0.3) is 11.0 Å². The predicted molar refractivity (Wildman–Crippen MR) is 149 cm³/mol. The van der Waals surface area contributed by atoms with E-state index in [1.807, 2.05) is 41.3 Å². The number of likely N-dealkylation sites (tertiary alicyclic amines) is 1. The van der Waals surface area contributed by atoms with Gasteiger partial charge in [0.2, 0.25) is 0 Å². The summed E-state index contributed by atoms with van der Waals surface area (Å²) in [4.78, 5) is 27.9. The third-order valence-corrected chi connectivity index (χ3v) is 8.58. The normalized spacial score (nSPS) is 24.2. The molecule has 1 saturated carbocycles. The van der Waals surface area contributed by atoms with Crippen molar-refractivity contribution in [3.63, 3.8) is 0 Å². The lowest BCUT2D eigenvalue weighted by atomic mass is 9.66. The number of hydrogen-bond donors (Lipinski definition) is 1. The van der Waals surface area contributed by atoms with Gasteiger partial charge in [-0.05, 0) is 74.4 Å². The van der Waals surface area contributed by atoms with E-state index in [0.29, 0.717) is 29.3 Å². The second kappa shape index (κ2) is 11.1. The molecule has 0 radical (unpaired) electrons. The molecule has 1 saturated heterocycles. The molecule has 7 heteroatoms. The summed E-state index contributed by atoms with van der Waals surface area (Å²) in [6.45, 7) is 4.33. The van der Waals surface area contributed by atoms with E-state index in [2.05, 4.69) is 6.92 Å². The Bertz CT molecular complexity index is 1350. The molecule has 6 nitrogen and oxygen atoms in total. The summed E-state index contributed by atoms with van der Waals surface area (Å²) in [6.07, 6.45) is 6.30. The van der Waals surface area contributed by atoms with Gasteiger partial charge < -0.3 is 19.2 Å². The molecule has 5 rings (SSSR count). The summed E-state index contributed by atoms with van der Waals surface area (Å²) in [7, 11) is 0. The second-order valence-electron chi connectivity index (χ2n) is 10.8. The van der Waals surface area contributed by atoms with E-state index in [-0.39, 0.29) is 23.5 Å². The van der Waals surface area contributed by atoms with Gasteiger partial charge in [0.1, 0.15) is 11.3 Å². The Labute approximate surface area is 228 Å². The Morgan fingerprint density at radius 1 is 1.18 bits per heavy atom. The lowest BCUT2D eigenvalue weighted by Crippen LogP contribution is -2.58. The fraction of sp³-hybridized carbons (Fsp3) is 0.484. The van der Waals surface area contributed by atoms with Crippen LogP contribution in [0, 0.1) is 5.92 Å². The highest BCUT2D eigenvalue weighted by molar-refractivity contribution is 6.30. The smallest absolute Gasteiger partial charge is 0.336 e. The Morgan fingerprint density at radius 2 is 1.97 bits per heavy atom. The number of halogens is 1. The third-order valence-electron chi connectivity index (χ3n) is 8.32. The van der Waals surface area contributed by atoms with E-state index in [1.165, 1.54) is 0 Å². The first-order valence-electron chi connectivity index (χ1n) is 13.8. The first-order chi connectivity index (χ1) is 18.3. The minimum absolute atomic E-state index is 0.0428. The Balaban J connectivity index is 1.40. The van der Waals surface area contributed by atoms with Gasteiger partial charge in [-0.2, -0.15) is 0 Å². The number of amides is 1. The second-order valence-corrected chi connectivity index (χ2v) is 11.3. The lowest BCUT2D eigenvalue weighted by molar-refractivity contribution is -0.161. The number of carbonyl (C=O) groups is 1. The zero-order valence-corrected chi connectivity index (χ0v) is 22.9. The number of rotatable bonds is 7. The molecule has 2 fully saturated rings. The molecule has 0 unspecified atom stereocenters. The molecule has 2 heterocycles. The molecule has 202 valence electrons. The Kier molecular flexibility index (Phi) is 7.83. The fourth-order valence-electron chi connectivity index (χ4n) is 6.35. The average Bonchev–Trinajstić information content (AvgIpc) is 2.90. The number of benzene rings is 2. The molecule has 1 N–H and O–H groups in total. The van der Waals surface area contributed by atoms with Crippen LogP contribution in [0.5, 0.6) is 5.75 Å². The van der Waals surface area contributed by atoms with Crippen LogP contribution in [0.15, 0.2) is 57.7 Å². The number of nitrogens with zero attached hydrogens (tertiary/aromatic N) is 1. The molecule has 3 aromatic rings. The molecule has 38 heavy (non-hydrogen) atoms. The van der Waals surface area contributed by atoms with Crippen LogP contribution >= 0.6 is 11.6 Å². The number of aryl methyl sites for hydroxylation is 1. The van der Waals surface area contributed by atoms with E-state index in [9.17, 15) is 14.7 Å². The highest BCUT2D eigenvalue weighted by Gasteiger charge is 2.50. The number of ether oxygens (including phenoxy) is 1. The van der Waals surface area contributed by atoms with E-state index >= 15 is 0 Å². The van der Waals surface area contributed by atoms with Crippen molar-refractivity contribution in [1.82, 2.24) is 4.90 Å². The number of aliphatic hydroxyl groups is 1. The monoisotopic (exact) mass is 537 g/mol. The Hall–Kier alpha value is -2.83. The van der Waals surface area contributed by atoms with Gasteiger partial charge in [-0.25, -0.2) is 4.79 Å². The van der Waals surface area contributed by atoms with E-state index < -0.39 is 11.7 Å². The van der Waals surface area contributed by atoms with Crippen molar-refractivity contribution in [2.75, 3.05) is 6.54 Å². The van der Waals surface area contributed by atoms with Crippen molar-refractivity contribution in [2.24, 2.45) is 5.92 Å². The summed E-state index contributed by atoms with van der Waals surface area (Å²) >= 11 is 6.16. The van der Waals surface area contributed by atoms with Gasteiger partial charge in [0.05, 0.1) is 11.6 Å². The zero-order valence-electron chi connectivity index (χ0n) is 22.1. The van der Waals surface area contributed by atoms with Crippen LogP contribution in [0.2, 0.25) is 5.02 Å². The van der Waals surface area contributed by atoms with Gasteiger partial charge in [0.15, 0.2) is 6.10 Å². The highest BCUT2D eigenvalue weighted by Crippen LogP contribution is 2.49. The Morgan fingerprint density at radius 3 is 2.74 bits per heavy atom. The maximum atomic E-state index is 13.8. The maximum absolute atomic E-state index is 13.8. The zero-order chi connectivity index (χ0) is 26.9. The van der Waals surface area contributed by atoms with E-state index in [4.69, 9.17) is 20.8 Å². The van der Waals surface area contributed by atoms with Gasteiger partial charge >= 0.3 is 5.63 Å². The van der Waals surface area contributed by atoms with Crippen LogP contribution in [0.1, 0.15) is 76.0 Å². The van der Waals surface area contributed by atoms with Crippen LogP contribution in [0.3, 0.4) is 0 Å². The summed E-state index contributed by atoms with van der Waals surface area (Å²) in [5, 5.41) is 13.0. The summed E-state index contributed by atoms with van der Waals surface area (Å²) in [5.74, 6) is 0.304. The number of carbonyl (C=O) groups excluding carboxylic acids is 1. The van der Waals surface area contributed by atoms with Crippen molar-refractivity contribution in [3.8, 4) is 5.75 Å². The van der Waals surface area contributed by atoms with Crippen LogP contribution in [0.4, 0.5) is 0 Å². The molecule has 2 aliphatic rings. The maximum Gasteiger partial charge on any atom is 0.336 e. The van der Waals surface area contributed by atoms with Crippen molar-refractivity contribution in [3.05, 3.63) is 75.1 Å². The van der Waals surface area contributed by atoms with Gasteiger partial charge in [0, 0.05) is 35.0 Å². The highest BCUT2D eigenvalue weighted by atomic mass is 35.5. The molecule has 2 aromatic carbocycles. The largest absolute Gasteiger partial charge is 0.481 e. The molecular formula is C31H36ClNO5. The van der Waals surface area contributed by atoms with Crippen LogP contribution in [-0.2, 0) is 11.2 Å². The standard InChI is InChI=1S/C31H36ClNO5/c1-3-4-7-22-18-28(34)38-27-19-24(13-14-25(22)27)37-20(2)30(35)33-17-16-31(36)15-6-5-8-26(31)29(33)21-9-11-23(32)12-10-21/h9-14,18-20,26,29,36H,3-8,15-17H2,1-2H3/t20-,26-,29+,31+/m1/s1. The molecule has 1 aliphatic carbocycles. The summed E-state index contributed by atoms with van der Waals surface area (Å²) < 4.78 is 11.6. The first kappa shape index (κ1) is 26.8. The molecule has 1 aliphatic heterocycles. The van der Waals surface area contributed by atoms with Gasteiger partial charge in [-0.15, -0.1) is 0 Å². The van der Waals surface area contributed by atoms with Crippen molar-refractivity contribution < 1.29 is 19.1 Å². The molecular weight excluding hydrogens is 502 g/mol. The van der Waals surface area contributed by atoms with Gasteiger partial charge in [-0.1, -0.05) is 49.9 Å². The first-order valence-corrected chi connectivity index (χ1v) is 14.2. The molecule has 4 atom stereocenters. The predicted octanol–water partition coefficient (Wildman–Crippen LogP) is 6.45. The van der Waals surface area contributed by atoms with E-state index in [0.717, 1.165) is 61.5 Å². The number of unbranched alkanes of at least 4 members (excludes halogenated alkanes) is 1. The third kappa shape index (κ3) is 5.34. The molecule has 1 aromatic heterocycles. The quantitative estimate of drug-likeness (QED) is 0.350. The fourth-order valence-corrected chi connectivity index (χ4v) is 6.47. The number of piperidine rings is 1. The van der Waals surface area contributed by atoms with Gasteiger partial charge in [-0.3, -0.25) is 4.79 Å². The van der Waals surface area contributed by atoms with Gasteiger partial charge in [0.25, 0.3) is 5.91 Å². The summed E-state index contributed by atoms with van der Waals surface area (Å²) in [6, 6.07) is 14.3. The molecule has 0 bridgehead atoms. The molecule has 1 amide bonds. The van der Waals surface area contributed by atoms with Crippen LogP contribution in [-0.4, -0.2) is 34.2 Å². The van der Waals surface area contributed by atoms with Crippen molar-refractivity contribution >= 4 is 28.5 Å². The average molecular weight is 538 g/mol. The van der Waals surface area contributed by atoms with E-state index in [1.54, 1.807) is 19.1 Å². The number of hydrogen-bond acceptors (Lipinski definition) is 5. The minimum Gasteiger partial charge on any atom is -0.481 e. The summed E-state index contributed by atoms with van der Waals surface area (Å²) in [5.41, 5.74) is 1.25. The minimum atomic E-state index is -0.769. The number of fused-ring (bicyclic) bond motifs is 2. The van der Waals surface area contributed by atoms with Crippen molar-refractivity contribution in [1.29, 1.82) is 0 Å². The molecule has 0 spiro atoms. The van der Waals surface area contributed by atoms with Crippen LogP contribution < -0.4 is 10.4 Å².